The van der Waals surface area contributed by atoms with Gasteiger partial charge in [-0.1, -0.05) is 12.1 Å². The van der Waals surface area contributed by atoms with Gasteiger partial charge >= 0.3 is 0 Å². The SMILES string of the molecule is COCCn1nc(C(=O)Nc2ccc(-c3ccn[nH]3)cc2)ccc1=O. The van der Waals surface area contributed by atoms with Crippen LogP contribution in [0.1, 0.15) is 10.5 Å². The van der Waals surface area contributed by atoms with Gasteiger partial charge in [0.15, 0.2) is 0 Å². The van der Waals surface area contributed by atoms with Gasteiger partial charge in [0, 0.05) is 25.1 Å². The number of anilines is 1. The maximum atomic E-state index is 12.3. The van der Waals surface area contributed by atoms with Gasteiger partial charge in [-0.05, 0) is 29.8 Å². The molecular formula is C17H17N5O3. The van der Waals surface area contributed by atoms with Crippen LogP contribution in [0.2, 0.25) is 0 Å². The number of carbonyl (C=O) groups is 1. The second-order valence-corrected chi connectivity index (χ2v) is 5.27. The highest BCUT2D eigenvalue weighted by Crippen LogP contribution is 2.19. The van der Waals surface area contributed by atoms with Gasteiger partial charge in [0.1, 0.15) is 5.69 Å². The molecule has 0 atom stereocenters. The number of hydrogen-bond donors (Lipinski definition) is 2. The summed E-state index contributed by atoms with van der Waals surface area (Å²) in [5.74, 6) is -0.388. The van der Waals surface area contributed by atoms with E-state index in [0.717, 1.165) is 11.3 Å². The van der Waals surface area contributed by atoms with Crippen LogP contribution in [0, 0.1) is 0 Å². The molecule has 0 aliphatic carbocycles. The zero-order valence-corrected chi connectivity index (χ0v) is 13.6. The summed E-state index contributed by atoms with van der Waals surface area (Å²) in [5.41, 5.74) is 2.36. The average Bonchev–Trinajstić information content (AvgIpc) is 3.16. The highest BCUT2D eigenvalue weighted by molar-refractivity contribution is 6.02. The Morgan fingerprint density at radius 1 is 1.20 bits per heavy atom. The molecule has 2 heterocycles. The topological polar surface area (TPSA) is 102 Å². The third-order valence-electron chi connectivity index (χ3n) is 3.56. The standard InChI is InChI=1S/C17H17N5O3/c1-25-11-10-22-16(23)7-6-15(21-22)17(24)19-13-4-2-12(3-5-13)14-8-9-18-20-14/h2-9H,10-11H2,1H3,(H,18,20)(H,19,24). The predicted octanol–water partition coefficient (Wildman–Crippen LogP) is 1.53. The van der Waals surface area contributed by atoms with E-state index in [2.05, 4.69) is 20.6 Å². The molecule has 8 nitrogen and oxygen atoms in total. The number of methoxy groups -OCH3 is 1. The molecule has 0 unspecified atom stereocenters. The van der Waals surface area contributed by atoms with Crippen LogP contribution >= 0.6 is 0 Å². The number of carbonyl (C=O) groups excluding carboxylic acids is 1. The van der Waals surface area contributed by atoms with Crippen molar-refractivity contribution in [2.24, 2.45) is 0 Å². The van der Waals surface area contributed by atoms with Crippen LogP contribution in [-0.4, -0.2) is 39.6 Å². The first-order valence-corrected chi connectivity index (χ1v) is 7.65. The fraction of sp³-hybridized carbons (Fsp3) is 0.176. The maximum absolute atomic E-state index is 12.3. The summed E-state index contributed by atoms with van der Waals surface area (Å²) >= 11 is 0. The van der Waals surface area contributed by atoms with Crippen LogP contribution in [-0.2, 0) is 11.3 Å². The van der Waals surface area contributed by atoms with E-state index in [1.807, 2.05) is 18.2 Å². The molecule has 3 rings (SSSR count). The Hall–Kier alpha value is -3.26. The Bertz CT molecular complexity index is 901. The average molecular weight is 339 g/mol. The van der Waals surface area contributed by atoms with E-state index in [9.17, 15) is 9.59 Å². The Labute approximate surface area is 143 Å². The molecule has 0 fully saturated rings. The molecule has 0 aliphatic heterocycles. The van der Waals surface area contributed by atoms with E-state index >= 15 is 0 Å². The summed E-state index contributed by atoms with van der Waals surface area (Å²) in [7, 11) is 1.54. The summed E-state index contributed by atoms with van der Waals surface area (Å²) in [6.45, 7) is 0.627. The van der Waals surface area contributed by atoms with E-state index in [1.165, 1.54) is 23.9 Å². The zero-order chi connectivity index (χ0) is 17.6. The molecule has 3 aromatic rings. The summed E-state index contributed by atoms with van der Waals surface area (Å²) in [5, 5.41) is 13.6. The molecule has 0 aliphatic rings. The number of aromatic amines is 1. The summed E-state index contributed by atoms with van der Waals surface area (Å²) in [4.78, 5) is 24.0. The zero-order valence-electron chi connectivity index (χ0n) is 13.6. The van der Waals surface area contributed by atoms with Crippen molar-refractivity contribution in [3.8, 4) is 11.3 Å². The van der Waals surface area contributed by atoms with Crippen molar-refractivity contribution in [3.05, 3.63) is 64.7 Å². The largest absolute Gasteiger partial charge is 0.383 e. The van der Waals surface area contributed by atoms with Gasteiger partial charge in [0.05, 0.1) is 18.8 Å². The Morgan fingerprint density at radius 3 is 2.68 bits per heavy atom. The monoisotopic (exact) mass is 339 g/mol. The van der Waals surface area contributed by atoms with Gasteiger partial charge < -0.3 is 10.1 Å². The lowest BCUT2D eigenvalue weighted by atomic mass is 10.1. The minimum absolute atomic E-state index is 0.161. The number of hydrogen-bond acceptors (Lipinski definition) is 5. The maximum Gasteiger partial charge on any atom is 0.276 e. The molecule has 1 amide bonds. The number of nitrogens with one attached hydrogen (secondary N) is 2. The Morgan fingerprint density at radius 2 is 2.00 bits per heavy atom. The first-order valence-electron chi connectivity index (χ1n) is 7.65. The van der Waals surface area contributed by atoms with Crippen LogP contribution < -0.4 is 10.9 Å². The second-order valence-electron chi connectivity index (χ2n) is 5.27. The number of ether oxygens (including phenoxy) is 1. The number of amides is 1. The van der Waals surface area contributed by atoms with Crippen LogP contribution in [0.4, 0.5) is 5.69 Å². The quantitative estimate of drug-likeness (QED) is 0.709. The molecule has 25 heavy (non-hydrogen) atoms. The van der Waals surface area contributed by atoms with Gasteiger partial charge in [-0.3, -0.25) is 14.7 Å². The molecule has 2 N–H and O–H groups in total. The number of benzene rings is 1. The van der Waals surface area contributed by atoms with Crippen molar-refractivity contribution in [1.29, 1.82) is 0 Å². The number of aromatic nitrogens is 4. The molecule has 8 heteroatoms. The summed E-state index contributed by atoms with van der Waals surface area (Å²) in [6, 6.07) is 11.9. The first-order chi connectivity index (χ1) is 12.2. The Balaban J connectivity index is 1.72. The molecule has 0 saturated heterocycles. The van der Waals surface area contributed by atoms with E-state index in [1.54, 1.807) is 18.3 Å². The van der Waals surface area contributed by atoms with E-state index in [4.69, 9.17) is 4.74 Å². The molecule has 1 aromatic carbocycles. The Kier molecular flexibility index (Phi) is 5.00. The van der Waals surface area contributed by atoms with Gasteiger partial charge in [0.25, 0.3) is 11.5 Å². The molecule has 2 aromatic heterocycles. The fourth-order valence-electron chi connectivity index (χ4n) is 2.25. The molecule has 0 saturated carbocycles. The van der Waals surface area contributed by atoms with Crippen molar-refractivity contribution >= 4 is 11.6 Å². The lowest BCUT2D eigenvalue weighted by Crippen LogP contribution is -2.27. The van der Waals surface area contributed by atoms with Gasteiger partial charge in [-0.15, -0.1) is 0 Å². The van der Waals surface area contributed by atoms with Crippen molar-refractivity contribution in [2.45, 2.75) is 6.54 Å². The van der Waals surface area contributed by atoms with Crippen molar-refractivity contribution < 1.29 is 9.53 Å². The second kappa shape index (κ2) is 7.54. The van der Waals surface area contributed by atoms with E-state index in [-0.39, 0.29) is 23.7 Å². The number of rotatable bonds is 6. The smallest absolute Gasteiger partial charge is 0.276 e. The highest BCUT2D eigenvalue weighted by atomic mass is 16.5. The highest BCUT2D eigenvalue weighted by Gasteiger charge is 2.10. The molecule has 0 radical (unpaired) electrons. The molecule has 0 spiro atoms. The van der Waals surface area contributed by atoms with Crippen LogP contribution in [0.25, 0.3) is 11.3 Å². The van der Waals surface area contributed by atoms with Crippen molar-refractivity contribution in [3.63, 3.8) is 0 Å². The summed E-state index contributed by atoms with van der Waals surface area (Å²) < 4.78 is 6.14. The minimum atomic E-state index is -0.388. The van der Waals surface area contributed by atoms with E-state index < -0.39 is 0 Å². The van der Waals surface area contributed by atoms with E-state index in [0.29, 0.717) is 12.3 Å². The van der Waals surface area contributed by atoms with Crippen molar-refractivity contribution in [2.75, 3.05) is 19.0 Å². The van der Waals surface area contributed by atoms with Crippen LogP contribution in [0.5, 0.6) is 0 Å². The van der Waals surface area contributed by atoms with Gasteiger partial charge in [-0.2, -0.15) is 10.2 Å². The lowest BCUT2D eigenvalue weighted by Gasteiger charge is -2.08. The first kappa shape index (κ1) is 16.6. The molecular weight excluding hydrogens is 322 g/mol. The normalized spacial score (nSPS) is 10.6. The lowest BCUT2D eigenvalue weighted by molar-refractivity contribution is 0.101. The summed E-state index contributed by atoms with van der Waals surface area (Å²) in [6.07, 6.45) is 1.68. The third kappa shape index (κ3) is 3.99. The van der Waals surface area contributed by atoms with Gasteiger partial charge in [-0.25, -0.2) is 4.68 Å². The van der Waals surface area contributed by atoms with Crippen LogP contribution in [0.3, 0.4) is 0 Å². The fourth-order valence-corrected chi connectivity index (χ4v) is 2.25. The molecule has 128 valence electrons. The molecule has 0 bridgehead atoms. The van der Waals surface area contributed by atoms with Crippen LogP contribution in [0.15, 0.2) is 53.5 Å². The number of H-pyrrole nitrogens is 1. The number of nitrogens with zero attached hydrogens (tertiary/aromatic N) is 3. The van der Waals surface area contributed by atoms with Gasteiger partial charge in [0.2, 0.25) is 0 Å². The predicted molar refractivity (Wildman–Crippen MR) is 92.3 cm³/mol. The minimum Gasteiger partial charge on any atom is -0.383 e. The van der Waals surface area contributed by atoms with Crippen molar-refractivity contribution in [1.82, 2.24) is 20.0 Å². The third-order valence-corrected chi connectivity index (χ3v) is 3.56.